The molecule has 0 radical (unpaired) electrons. The maximum absolute atomic E-state index is 13.5. The number of anilines is 3. The highest BCUT2D eigenvalue weighted by molar-refractivity contribution is 8.28. The number of carbonyl (C=O) groups excluding carboxylic acids is 2. The van der Waals surface area contributed by atoms with Gasteiger partial charge in [-0.3, -0.25) is 10.3 Å². The molecule has 2 aliphatic heterocycles. The summed E-state index contributed by atoms with van der Waals surface area (Å²) in [6, 6.07) is 26.5. The summed E-state index contributed by atoms with van der Waals surface area (Å²) < 4.78 is 9.61. The van der Waals surface area contributed by atoms with Crippen LogP contribution < -0.4 is 15.3 Å². The Kier molecular flexibility index (Phi) is 7.57. The number of rotatable bonds is 6. The summed E-state index contributed by atoms with van der Waals surface area (Å²) in [6.07, 6.45) is 0. The number of thioether (sulfide) groups is 2. The van der Waals surface area contributed by atoms with Crippen LogP contribution in [-0.2, 0) is 19.1 Å². The Labute approximate surface area is 228 Å². The molecule has 3 aromatic carbocycles. The summed E-state index contributed by atoms with van der Waals surface area (Å²) in [4.78, 5) is 29.0. The van der Waals surface area contributed by atoms with E-state index in [0.29, 0.717) is 5.69 Å². The highest BCUT2D eigenvalue weighted by atomic mass is 32.2. The highest BCUT2D eigenvalue weighted by Crippen LogP contribution is 2.61. The first-order valence-corrected chi connectivity index (χ1v) is 13.6. The average molecular weight is 548 g/mol. The molecule has 1 N–H and O–H groups in total. The molecule has 0 saturated carbocycles. The van der Waals surface area contributed by atoms with Crippen LogP contribution in [0.1, 0.15) is 13.8 Å². The van der Waals surface area contributed by atoms with Crippen molar-refractivity contribution in [3.63, 3.8) is 0 Å². The Balaban J connectivity index is 1.67. The molecule has 5 rings (SSSR count). The van der Waals surface area contributed by atoms with Gasteiger partial charge in [0.25, 0.3) is 0 Å². The third kappa shape index (κ3) is 4.82. The second kappa shape index (κ2) is 11.2. The fourth-order valence-corrected chi connectivity index (χ4v) is 6.85. The number of hydrogen-bond acceptors (Lipinski definition) is 10. The van der Waals surface area contributed by atoms with Crippen LogP contribution in [-0.4, -0.2) is 40.4 Å². The number of fused-ring (bicyclic) bond motifs is 1. The highest BCUT2D eigenvalue weighted by Gasteiger charge is 2.59. The van der Waals surface area contributed by atoms with Crippen LogP contribution in [0.15, 0.2) is 100 Å². The van der Waals surface area contributed by atoms with Gasteiger partial charge in [0.1, 0.15) is 0 Å². The predicted molar refractivity (Wildman–Crippen MR) is 152 cm³/mol. The van der Waals surface area contributed by atoms with Gasteiger partial charge in [-0.1, -0.05) is 60.3 Å². The van der Waals surface area contributed by atoms with Crippen LogP contribution in [0.25, 0.3) is 0 Å². The summed E-state index contributed by atoms with van der Waals surface area (Å²) in [5, 5.41) is 11.1. The molecule has 2 heterocycles. The van der Waals surface area contributed by atoms with E-state index < -0.39 is 16.3 Å². The van der Waals surface area contributed by atoms with E-state index in [2.05, 4.69) is 10.5 Å². The van der Waals surface area contributed by atoms with Crippen molar-refractivity contribution < 1.29 is 19.1 Å². The summed E-state index contributed by atoms with van der Waals surface area (Å²) >= 11 is 2.65. The van der Waals surface area contributed by atoms with E-state index in [1.807, 2.05) is 84.9 Å². The van der Waals surface area contributed by atoms with E-state index in [4.69, 9.17) is 14.6 Å². The van der Waals surface area contributed by atoms with Crippen LogP contribution in [0, 0.1) is 0 Å². The zero-order valence-corrected chi connectivity index (χ0v) is 22.4. The lowest BCUT2D eigenvalue weighted by Crippen LogP contribution is -2.55. The molecule has 9 nitrogen and oxygen atoms in total. The molecule has 38 heavy (non-hydrogen) atoms. The van der Waals surface area contributed by atoms with Crippen LogP contribution in [0.2, 0.25) is 0 Å². The van der Waals surface area contributed by atoms with Crippen LogP contribution >= 0.6 is 23.5 Å². The number of hydrogen-bond donors (Lipinski definition) is 1. The first-order valence-electron chi connectivity index (χ1n) is 12.0. The van der Waals surface area contributed by atoms with E-state index in [-0.39, 0.29) is 24.1 Å². The molecule has 1 atom stereocenters. The van der Waals surface area contributed by atoms with E-state index >= 15 is 0 Å². The van der Waals surface area contributed by atoms with E-state index in [1.54, 1.807) is 23.8 Å². The number of carbonyl (C=O) groups is 2. The minimum Gasteiger partial charge on any atom is -0.461 e. The number of nitrogens with zero attached hydrogens (tertiary/aromatic N) is 4. The van der Waals surface area contributed by atoms with Gasteiger partial charge >= 0.3 is 11.9 Å². The van der Waals surface area contributed by atoms with Crippen LogP contribution in [0.4, 0.5) is 17.1 Å². The standard InChI is InChI=1S/C27H25N5O4S2/c1-3-35-25(33)23(29-28-19-13-7-5-8-14-19)31-21-17-11-12-18-22(21)37-27(31)32(20-15-9-6-10-16-20)30-24(38-27)26(34)36-4-2/h5-18,28H,3-4H2,1-2H3/b29-23-/t27-/m0/s1. The minimum absolute atomic E-state index is 0.0156. The molecule has 0 bridgehead atoms. The summed E-state index contributed by atoms with van der Waals surface area (Å²) in [5.74, 6) is -1.14. The number of para-hydroxylation sites is 3. The Hall–Kier alpha value is -3.96. The summed E-state index contributed by atoms with van der Waals surface area (Å²) in [7, 11) is 0. The van der Waals surface area contributed by atoms with Crippen molar-refractivity contribution >= 4 is 63.4 Å². The Bertz CT molecular complexity index is 1390. The Morgan fingerprint density at radius 2 is 1.55 bits per heavy atom. The van der Waals surface area contributed by atoms with Gasteiger partial charge in [0.2, 0.25) is 15.2 Å². The second-order valence-corrected chi connectivity index (χ2v) is 10.6. The lowest BCUT2D eigenvalue weighted by molar-refractivity contribution is -0.135. The quantitative estimate of drug-likeness (QED) is 0.190. The average Bonchev–Trinajstić information content (AvgIpc) is 3.48. The normalized spacial score (nSPS) is 18.3. The topological polar surface area (TPSA) is 95.8 Å². The molecule has 0 saturated heterocycles. The minimum atomic E-state index is -1.14. The first-order chi connectivity index (χ1) is 18.6. The Morgan fingerprint density at radius 1 is 0.895 bits per heavy atom. The van der Waals surface area contributed by atoms with Gasteiger partial charge in [0, 0.05) is 4.90 Å². The smallest absolute Gasteiger partial charge is 0.376 e. The number of ether oxygens (including phenoxy) is 2. The van der Waals surface area contributed by atoms with Crippen molar-refractivity contribution in [1.29, 1.82) is 0 Å². The monoisotopic (exact) mass is 547 g/mol. The number of amidine groups is 1. The van der Waals surface area contributed by atoms with Gasteiger partial charge in [-0.15, -0.1) is 5.10 Å². The number of hydrazone groups is 2. The fourth-order valence-electron chi connectivity index (χ4n) is 3.94. The summed E-state index contributed by atoms with van der Waals surface area (Å²) in [5.41, 5.74) is 5.14. The molecule has 0 unspecified atom stereocenters. The van der Waals surface area contributed by atoms with E-state index in [0.717, 1.165) is 16.3 Å². The van der Waals surface area contributed by atoms with Gasteiger partial charge in [-0.2, -0.15) is 5.10 Å². The van der Waals surface area contributed by atoms with Gasteiger partial charge < -0.3 is 9.47 Å². The molecule has 0 amide bonds. The molecule has 0 aliphatic carbocycles. The second-order valence-electron chi connectivity index (χ2n) is 7.96. The lowest BCUT2D eigenvalue weighted by Gasteiger charge is -2.39. The molecule has 1 spiro atoms. The molecule has 0 aromatic heterocycles. The number of nitrogens with one attached hydrogen (secondary N) is 1. The van der Waals surface area contributed by atoms with Crippen molar-refractivity contribution in [2.24, 2.45) is 10.2 Å². The molecule has 3 aromatic rings. The first kappa shape index (κ1) is 25.7. The fraction of sp³-hybridized carbons (Fsp3) is 0.185. The van der Waals surface area contributed by atoms with Crippen LogP contribution in [0.5, 0.6) is 0 Å². The zero-order valence-electron chi connectivity index (χ0n) is 20.7. The number of esters is 2. The van der Waals surface area contributed by atoms with Gasteiger partial charge in [-0.25, -0.2) is 14.6 Å². The van der Waals surface area contributed by atoms with Crippen LogP contribution in [0.3, 0.4) is 0 Å². The maximum atomic E-state index is 13.5. The SMILES string of the molecule is CCOC(=O)C1=NN(c2ccccc2)[C@]2(S1)Sc1ccccc1N2/C(=N\Nc1ccccc1)C(=O)OCC. The predicted octanol–water partition coefficient (Wildman–Crippen LogP) is 5.33. The molecule has 0 fully saturated rings. The number of benzene rings is 3. The largest absolute Gasteiger partial charge is 0.461 e. The summed E-state index contributed by atoms with van der Waals surface area (Å²) in [6.45, 7) is 3.87. The maximum Gasteiger partial charge on any atom is 0.376 e. The van der Waals surface area contributed by atoms with E-state index in [1.165, 1.54) is 23.5 Å². The molecular formula is C27H25N5O4S2. The molecular weight excluding hydrogens is 522 g/mol. The van der Waals surface area contributed by atoms with Gasteiger partial charge in [0.05, 0.1) is 30.3 Å². The molecule has 194 valence electrons. The molecule has 2 aliphatic rings. The third-order valence-electron chi connectivity index (χ3n) is 5.51. The van der Waals surface area contributed by atoms with Crippen molar-refractivity contribution in [2.45, 2.75) is 23.1 Å². The zero-order chi connectivity index (χ0) is 26.5. The van der Waals surface area contributed by atoms with Gasteiger partial charge in [-0.05, 0) is 62.0 Å². The van der Waals surface area contributed by atoms with Gasteiger partial charge in [0.15, 0.2) is 0 Å². The lowest BCUT2D eigenvalue weighted by atomic mass is 10.2. The van der Waals surface area contributed by atoms with E-state index in [9.17, 15) is 9.59 Å². The van der Waals surface area contributed by atoms with Crippen molar-refractivity contribution in [2.75, 3.05) is 28.5 Å². The Morgan fingerprint density at radius 3 is 2.26 bits per heavy atom. The van der Waals surface area contributed by atoms with Crippen molar-refractivity contribution in [3.05, 3.63) is 84.9 Å². The van der Waals surface area contributed by atoms with Crippen molar-refractivity contribution in [3.8, 4) is 0 Å². The third-order valence-corrected chi connectivity index (χ3v) is 8.25. The van der Waals surface area contributed by atoms with Crippen molar-refractivity contribution in [1.82, 2.24) is 0 Å². The molecule has 11 heteroatoms.